The highest BCUT2D eigenvalue weighted by Gasteiger charge is 2.28. The Morgan fingerprint density at radius 2 is 2.00 bits per heavy atom. The molecule has 150 valence electrons. The first kappa shape index (κ1) is 19.3. The van der Waals surface area contributed by atoms with Gasteiger partial charge in [0.15, 0.2) is 0 Å². The maximum atomic E-state index is 13.3. The lowest BCUT2D eigenvalue weighted by Gasteiger charge is -2.36. The molecule has 0 aliphatic carbocycles. The molecule has 1 aromatic heterocycles. The standard InChI is InChI=1S/C23H25FN4O/c1-29-19-6-4-5-17(13-19)20-14-26-23(25)27-22(20)21-7-2-3-12-28(21)15-16-8-10-18(24)11-9-16/h4-6,8-11,13-14,21H,2-3,7,12,15H2,1H3,(H2,25,26,27). The van der Waals surface area contributed by atoms with Crippen molar-refractivity contribution in [3.8, 4) is 16.9 Å². The van der Waals surface area contributed by atoms with Gasteiger partial charge in [-0.25, -0.2) is 14.4 Å². The molecule has 0 spiro atoms. The minimum atomic E-state index is -0.215. The first-order valence-electron chi connectivity index (χ1n) is 9.89. The molecule has 6 heteroatoms. The normalized spacial score (nSPS) is 17.2. The number of hydrogen-bond acceptors (Lipinski definition) is 5. The molecule has 0 saturated carbocycles. The van der Waals surface area contributed by atoms with Gasteiger partial charge in [-0.1, -0.05) is 30.7 Å². The third-order valence-electron chi connectivity index (χ3n) is 5.45. The molecule has 4 rings (SSSR count). The molecule has 1 unspecified atom stereocenters. The first-order valence-corrected chi connectivity index (χ1v) is 9.89. The highest BCUT2D eigenvalue weighted by molar-refractivity contribution is 5.67. The van der Waals surface area contributed by atoms with Crippen LogP contribution in [-0.4, -0.2) is 28.5 Å². The van der Waals surface area contributed by atoms with Gasteiger partial charge in [0.2, 0.25) is 5.95 Å². The minimum absolute atomic E-state index is 0.125. The Kier molecular flexibility index (Phi) is 5.71. The third kappa shape index (κ3) is 4.38. The number of benzene rings is 2. The summed E-state index contributed by atoms with van der Waals surface area (Å²) in [5, 5.41) is 0. The second kappa shape index (κ2) is 8.57. The number of rotatable bonds is 5. The van der Waals surface area contributed by atoms with Crippen LogP contribution in [0.5, 0.6) is 5.75 Å². The molecule has 29 heavy (non-hydrogen) atoms. The van der Waals surface area contributed by atoms with E-state index in [1.807, 2.05) is 36.4 Å². The Hall–Kier alpha value is -2.99. The van der Waals surface area contributed by atoms with Crippen molar-refractivity contribution in [1.82, 2.24) is 14.9 Å². The molecule has 2 aromatic carbocycles. The van der Waals surface area contributed by atoms with Crippen molar-refractivity contribution in [3.05, 3.63) is 71.8 Å². The molecule has 5 nitrogen and oxygen atoms in total. The number of likely N-dealkylation sites (tertiary alicyclic amines) is 1. The van der Waals surface area contributed by atoms with Crippen molar-refractivity contribution < 1.29 is 9.13 Å². The van der Waals surface area contributed by atoms with E-state index in [1.165, 1.54) is 12.1 Å². The summed E-state index contributed by atoms with van der Waals surface area (Å²) >= 11 is 0. The average molecular weight is 392 g/mol. The summed E-state index contributed by atoms with van der Waals surface area (Å²) in [7, 11) is 1.66. The lowest BCUT2D eigenvalue weighted by Crippen LogP contribution is -2.34. The number of nitrogens with two attached hydrogens (primary N) is 1. The summed E-state index contributed by atoms with van der Waals surface area (Å²) in [6, 6.07) is 14.8. The molecule has 0 bridgehead atoms. The zero-order valence-electron chi connectivity index (χ0n) is 16.5. The summed E-state index contributed by atoms with van der Waals surface area (Å²) in [5.74, 6) is 0.851. The van der Waals surface area contributed by atoms with Crippen LogP contribution in [0.1, 0.15) is 36.6 Å². The van der Waals surface area contributed by atoms with E-state index in [4.69, 9.17) is 10.5 Å². The van der Waals surface area contributed by atoms with Crippen LogP contribution in [0.2, 0.25) is 0 Å². The van der Waals surface area contributed by atoms with Crippen LogP contribution < -0.4 is 10.5 Å². The number of aromatic nitrogens is 2. The van der Waals surface area contributed by atoms with E-state index in [0.717, 1.165) is 60.5 Å². The molecule has 1 aliphatic rings. The summed E-state index contributed by atoms with van der Waals surface area (Å²) in [5.41, 5.74) is 9.97. The number of hydrogen-bond donors (Lipinski definition) is 1. The van der Waals surface area contributed by atoms with Gasteiger partial charge in [-0.3, -0.25) is 4.90 Å². The van der Waals surface area contributed by atoms with Crippen molar-refractivity contribution in [1.29, 1.82) is 0 Å². The van der Waals surface area contributed by atoms with Crippen molar-refractivity contribution in [2.45, 2.75) is 31.8 Å². The SMILES string of the molecule is COc1cccc(-c2cnc(N)nc2C2CCCCN2Cc2ccc(F)cc2)c1. The number of piperidine rings is 1. The molecule has 1 saturated heterocycles. The fourth-order valence-electron chi connectivity index (χ4n) is 3.99. The molecule has 0 amide bonds. The number of methoxy groups -OCH3 is 1. The molecule has 2 N–H and O–H groups in total. The third-order valence-corrected chi connectivity index (χ3v) is 5.45. The van der Waals surface area contributed by atoms with E-state index in [1.54, 1.807) is 13.3 Å². The largest absolute Gasteiger partial charge is 0.497 e. The van der Waals surface area contributed by atoms with Gasteiger partial charge >= 0.3 is 0 Å². The monoisotopic (exact) mass is 392 g/mol. The van der Waals surface area contributed by atoms with Gasteiger partial charge in [0.1, 0.15) is 11.6 Å². The fraction of sp³-hybridized carbons (Fsp3) is 0.304. The number of halogens is 1. The molecule has 0 radical (unpaired) electrons. The van der Waals surface area contributed by atoms with Crippen molar-refractivity contribution in [3.63, 3.8) is 0 Å². The van der Waals surface area contributed by atoms with Crippen LogP contribution in [-0.2, 0) is 6.54 Å². The first-order chi connectivity index (χ1) is 14.1. The zero-order valence-corrected chi connectivity index (χ0v) is 16.5. The van der Waals surface area contributed by atoms with Crippen LogP contribution >= 0.6 is 0 Å². The number of nitrogen functional groups attached to an aromatic ring is 1. The van der Waals surface area contributed by atoms with E-state index >= 15 is 0 Å². The van der Waals surface area contributed by atoms with Crippen molar-refractivity contribution >= 4 is 5.95 Å². The van der Waals surface area contributed by atoms with E-state index in [2.05, 4.69) is 14.9 Å². The van der Waals surface area contributed by atoms with Crippen molar-refractivity contribution in [2.24, 2.45) is 0 Å². The van der Waals surface area contributed by atoms with Gasteiger partial charge in [-0.15, -0.1) is 0 Å². The smallest absolute Gasteiger partial charge is 0.220 e. The average Bonchev–Trinajstić information content (AvgIpc) is 2.76. The minimum Gasteiger partial charge on any atom is -0.497 e. The summed E-state index contributed by atoms with van der Waals surface area (Å²) in [6.07, 6.45) is 5.06. The lowest BCUT2D eigenvalue weighted by molar-refractivity contribution is 0.137. The lowest BCUT2D eigenvalue weighted by atomic mass is 9.93. The van der Waals surface area contributed by atoms with Gasteiger partial charge in [0.25, 0.3) is 0 Å². The van der Waals surface area contributed by atoms with Gasteiger partial charge < -0.3 is 10.5 Å². The maximum Gasteiger partial charge on any atom is 0.220 e. The predicted octanol–water partition coefficient (Wildman–Crippen LogP) is 4.60. The molecular weight excluding hydrogens is 367 g/mol. The Morgan fingerprint density at radius 3 is 2.79 bits per heavy atom. The molecule has 1 atom stereocenters. The predicted molar refractivity (Wildman–Crippen MR) is 112 cm³/mol. The topological polar surface area (TPSA) is 64.3 Å². The van der Waals surface area contributed by atoms with Crippen LogP contribution in [0, 0.1) is 5.82 Å². The summed E-state index contributed by atoms with van der Waals surface area (Å²) < 4.78 is 18.7. The van der Waals surface area contributed by atoms with E-state index in [9.17, 15) is 4.39 Å². The summed E-state index contributed by atoms with van der Waals surface area (Å²) in [6.45, 7) is 1.70. The van der Waals surface area contributed by atoms with Gasteiger partial charge in [0.05, 0.1) is 18.8 Å². The maximum absolute atomic E-state index is 13.3. The number of anilines is 1. The Bertz CT molecular complexity index is 977. The second-order valence-corrected chi connectivity index (χ2v) is 7.37. The zero-order chi connectivity index (χ0) is 20.2. The Labute approximate surface area is 170 Å². The van der Waals surface area contributed by atoms with E-state index in [-0.39, 0.29) is 17.8 Å². The molecular formula is C23H25FN4O. The quantitative estimate of drug-likeness (QED) is 0.687. The van der Waals surface area contributed by atoms with Gasteiger partial charge in [0, 0.05) is 18.3 Å². The Balaban J connectivity index is 1.71. The Morgan fingerprint density at radius 1 is 1.17 bits per heavy atom. The molecule has 1 aliphatic heterocycles. The van der Waals surface area contributed by atoms with Crippen LogP contribution in [0.3, 0.4) is 0 Å². The number of nitrogens with zero attached hydrogens (tertiary/aromatic N) is 3. The van der Waals surface area contributed by atoms with E-state index < -0.39 is 0 Å². The van der Waals surface area contributed by atoms with Crippen LogP contribution in [0.15, 0.2) is 54.7 Å². The van der Waals surface area contributed by atoms with Crippen LogP contribution in [0.25, 0.3) is 11.1 Å². The highest BCUT2D eigenvalue weighted by atomic mass is 19.1. The van der Waals surface area contributed by atoms with Crippen molar-refractivity contribution in [2.75, 3.05) is 19.4 Å². The molecule has 1 fully saturated rings. The van der Waals surface area contributed by atoms with E-state index in [0.29, 0.717) is 0 Å². The van der Waals surface area contributed by atoms with Crippen LogP contribution in [0.4, 0.5) is 10.3 Å². The second-order valence-electron chi connectivity index (χ2n) is 7.37. The fourth-order valence-corrected chi connectivity index (χ4v) is 3.99. The van der Waals surface area contributed by atoms with Gasteiger partial charge in [-0.05, 0) is 54.8 Å². The molecule has 2 heterocycles. The summed E-state index contributed by atoms with van der Waals surface area (Å²) in [4.78, 5) is 11.3. The molecule has 3 aromatic rings. The van der Waals surface area contributed by atoms with Gasteiger partial charge in [-0.2, -0.15) is 0 Å². The highest BCUT2D eigenvalue weighted by Crippen LogP contribution is 2.37. The number of ether oxygens (including phenoxy) is 1.